The summed E-state index contributed by atoms with van der Waals surface area (Å²) in [6.45, 7) is 0.808. The zero-order valence-electron chi connectivity index (χ0n) is 12.4. The summed E-state index contributed by atoms with van der Waals surface area (Å²) in [4.78, 5) is 12.1. The molecule has 1 unspecified atom stereocenters. The van der Waals surface area contributed by atoms with Gasteiger partial charge in [0.15, 0.2) is 11.3 Å². The van der Waals surface area contributed by atoms with Crippen molar-refractivity contribution in [1.29, 1.82) is 0 Å². The van der Waals surface area contributed by atoms with Crippen LogP contribution in [0.1, 0.15) is 16.7 Å². The molecule has 3 nitrogen and oxygen atoms in total. The van der Waals surface area contributed by atoms with Crippen LogP contribution in [0.2, 0.25) is 0 Å². The molecule has 0 radical (unpaired) electrons. The summed E-state index contributed by atoms with van der Waals surface area (Å²) >= 11 is 6.50. The van der Waals surface area contributed by atoms with Crippen molar-refractivity contribution in [3.63, 3.8) is 0 Å². The van der Waals surface area contributed by atoms with Gasteiger partial charge in [-0.25, -0.2) is 0 Å². The zero-order valence-corrected chi connectivity index (χ0v) is 13.1. The van der Waals surface area contributed by atoms with Gasteiger partial charge in [0.1, 0.15) is 5.75 Å². The molecule has 0 N–H and O–H groups in total. The third-order valence-corrected chi connectivity index (χ3v) is 4.43. The monoisotopic (exact) mass is 355 g/mol. The summed E-state index contributed by atoms with van der Waals surface area (Å²) in [5.41, 5.74) is 2.42. The molecule has 0 saturated heterocycles. The second-order valence-electron chi connectivity index (χ2n) is 5.50. The van der Waals surface area contributed by atoms with Crippen molar-refractivity contribution in [3.05, 3.63) is 65.2 Å². The highest BCUT2D eigenvalue weighted by atomic mass is 35.5. The van der Waals surface area contributed by atoms with E-state index in [1.54, 1.807) is 11.0 Å². The van der Waals surface area contributed by atoms with Crippen molar-refractivity contribution < 1.29 is 22.7 Å². The number of hydrogen-bond donors (Lipinski definition) is 0. The van der Waals surface area contributed by atoms with E-state index in [4.69, 9.17) is 11.6 Å². The molecule has 2 aromatic carbocycles. The Balaban J connectivity index is 1.78. The van der Waals surface area contributed by atoms with Gasteiger partial charge in [-0.2, -0.15) is 0 Å². The normalized spacial score (nSPS) is 20.7. The van der Waals surface area contributed by atoms with Crippen LogP contribution >= 0.6 is 11.6 Å². The summed E-state index contributed by atoms with van der Waals surface area (Å²) in [6, 6.07) is 12.9. The largest absolute Gasteiger partial charge is 0.573 e. The summed E-state index contributed by atoms with van der Waals surface area (Å²) < 4.78 is 40.4. The fourth-order valence-corrected chi connectivity index (χ4v) is 3.12. The van der Waals surface area contributed by atoms with Crippen molar-refractivity contribution in [2.75, 3.05) is 0 Å². The number of rotatable bonds is 4. The lowest BCUT2D eigenvalue weighted by Gasteiger charge is -2.28. The minimum absolute atomic E-state index is 0.288. The molecule has 1 heterocycles. The number of carbonyl (C=O) groups excluding carboxylic acids is 1. The van der Waals surface area contributed by atoms with Crippen LogP contribution in [-0.4, -0.2) is 17.5 Å². The van der Waals surface area contributed by atoms with E-state index < -0.39 is 11.4 Å². The average Bonchev–Trinajstić information content (AvgIpc) is 2.81. The van der Waals surface area contributed by atoms with Crippen molar-refractivity contribution in [3.8, 4) is 5.75 Å². The molecule has 0 bridgehead atoms. The maximum Gasteiger partial charge on any atom is 0.573 e. The smallest absolute Gasteiger partial charge is 0.406 e. The van der Waals surface area contributed by atoms with Crippen LogP contribution in [0.15, 0.2) is 48.5 Å². The van der Waals surface area contributed by atoms with E-state index in [1.807, 2.05) is 18.2 Å². The summed E-state index contributed by atoms with van der Waals surface area (Å²) in [7, 11) is 0. The van der Waals surface area contributed by atoms with Crippen molar-refractivity contribution in [2.24, 2.45) is 0 Å². The highest BCUT2D eigenvalue weighted by molar-refractivity contribution is 6.31. The number of nitrogens with zero attached hydrogens (tertiary/aromatic N) is 1. The second-order valence-corrected chi connectivity index (χ2v) is 6.07. The number of benzene rings is 2. The molecule has 0 aliphatic carbocycles. The molecule has 0 aromatic heterocycles. The van der Waals surface area contributed by atoms with Crippen molar-refractivity contribution >= 4 is 17.9 Å². The molecule has 0 amide bonds. The van der Waals surface area contributed by atoms with Gasteiger partial charge in [-0.3, -0.25) is 9.69 Å². The number of hydrogen-bond acceptors (Lipinski definition) is 3. The van der Waals surface area contributed by atoms with Gasteiger partial charge in [0.25, 0.3) is 0 Å². The molecule has 24 heavy (non-hydrogen) atoms. The van der Waals surface area contributed by atoms with Gasteiger partial charge in [-0.05, 0) is 28.8 Å². The molecular weight excluding hydrogens is 343 g/mol. The van der Waals surface area contributed by atoms with E-state index in [0.29, 0.717) is 19.4 Å². The van der Waals surface area contributed by atoms with E-state index in [1.165, 1.54) is 24.3 Å². The molecule has 1 aliphatic heterocycles. The van der Waals surface area contributed by atoms with Crippen LogP contribution in [0.25, 0.3) is 0 Å². The summed E-state index contributed by atoms with van der Waals surface area (Å²) in [5, 5.41) is 0. The Kier molecular flexibility index (Phi) is 4.27. The van der Waals surface area contributed by atoms with E-state index >= 15 is 0 Å². The van der Waals surface area contributed by atoms with Gasteiger partial charge in [-0.15, -0.1) is 13.2 Å². The summed E-state index contributed by atoms with van der Waals surface area (Å²) in [5.74, 6) is -0.288. The Labute approximate surface area is 141 Å². The van der Waals surface area contributed by atoms with E-state index in [9.17, 15) is 18.0 Å². The molecule has 126 valence electrons. The Hall–Kier alpha value is -2.05. The van der Waals surface area contributed by atoms with Crippen LogP contribution in [-0.2, 0) is 22.9 Å². The van der Waals surface area contributed by atoms with Crippen LogP contribution in [0.5, 0.6) is 5.75 Å². The van der Waals surface area contributed by atoms with Gasteiger partial charge >= 0.3 is 6.36 Å². The first kappa shape index (κ1) is 16.8. The third kappa shape index (κ3) is 3.25. The minimum atomic E-state index is -4.72. The number of fused-ring (bicyclic) bond motifs is 1. The number of halogens is 4. The molecule has 0 saturated carbocycles. The highest BCUT2D eigenvalue weighted by Gasteiger charge is 2.43. The minimum Gasteiger partial charge on any atom is -0.406 e. The lowest BCUT2D eigenvalue weighted by molar-refractivity contribution is -0.274. The number of aldehydes is 1. The maximum atomic E-state index is 12.2. The lowest BCUT2D eigenvalue weighted by atomic mass is 10.1. The molecule has 3 rings (SSSR count). The first-order chi connectivity index (χ1) is 11.3. The second kappa shape index (κ2) is 6.11. The van der Waals surface area contributed by atoms with Crippen molar-refractivity contribution in [1.82, 2.24) is 4.90 Å². The number of alkyl halides is 4. The molecule has 7 heteroatoms. The fraction of sp³-hybridized carbons (Fsp3) is 0.235. The Morgan fingerprint density at radius 3 is 2.46 bits per heavy atom. The van der Waals surface area contributed by atoms with Gasteiger partial charge in [-0.1, -0.05) is 48.0 Å². The fourth-order valence-electron chi connectivity index (χ4n) is 2.82. The molecular formula is C17H13ClF3NO2. The lowest BCUT2D eigenvalue weighted by Crippen LogP contribution is -2.36. The summed E-state index contributed by atoms with van der Waals surface area (Å²) in [6.07, 6.45) is -4.04. The number of ether oxygens (including phenoxy) is 1. The van der Waals surface area contributed by atoms with Crippen molar-refractivity contribution in [2.45, 2.75) is 24.4 Å². The van der Waals surface area contributed by atoms with Crippen LogP contribution in [0.4, 0.5) is 13.2 Å². The molecule has 0 fully saturated rings. The molecule has 1 aliphatic rings. The number of carbonyl (C=O) groups is 1. The Bertz CT molecular complexity index is 748. The predicted molar refractivity (Wildman–Crippen MR) is 82.4 cm³/mol. The van der Waals surface area contributed by atoms with Gasteiger partial charge in [0.05, 0.1) is 0 Å². The van der Waals surface area contributed by atoms with Gasteiger partial charge in [0, 0.05) is 13.1 Å². The predicted octanol–water partition coefficient (Wildman–Crippen LogP) is 4.19. The zero-order chi connectivity index (χ0) is 17.4. The first-order valence-electron chi connectivity index (χ1n) is 7.15. The first-order valence-corrected chi connectivity index (χ1v) is 7.53. The topological polar surface area (TPSA) is 29.5 Å². The van der Waals surface area contributed by atoms with Gasteiger partial charge < -0.3 is 4.74 Å². The van der Waals surface area contributed by atoms with E-state index in [0.717, 1.165) is 16.7 Å². The third-order valence-electron chi connectivity index (χ3n) is 3.90. The standard InChI is InChI=1S/C17H13ClF3NO2/c18-16(11-23)15-4-2-1-3-13(15)10-22(16)9-12-5-7-14(8-6-12)24-17(19,20)21/h1-8,11H,9-10H2. The molecule has 1 atom stereocenters. The SMILES string of the molecule is O=CC1(Cl)c2ccccc2CN1Cc1ccc(OC(F)(F)F)cc1. The maximum absolute atomic E-state index is 12.2. The highest BCUT2D eigenvalue weighted by Crippen LogP contribution is 2.42. The van der Waals surface area contributed by atoms with Gasteiger partial charge in [0.2, 0.25) is 0 Å². The average molecular weight is 356 g/mol. The van der Waals surface area contributed by atoms with Crippen LogP contribution < -0.4 is 4.74 Å². The quantitative estimate of drug-likeness (QED) is 0.468. The Morgan fingerprint density at radius 2 is 1.83 bits per heavy atom. The van der Waals surface area contributed by atoms with E-state index in [-0.39, 0.29) is 5.75 Å². The van der Waals surface area contributed by atoms with Crippen LogP contribution in [0.3, 0.4) is 0 Å². The van der Waals surface area contributed by atoms with Crippen LogP contribution in [0, 0.1) is 0 Å². The molecule has 2 aromatic rings. The molecule has 0 spiro atoms. The van der Waals surface area contributed by atoms with E-state index in [2.05, 4.69) is 4.74 Å². The Morgan fingerprint density at radius 1 is 1.17 bits per heavy atom.